The van der Waals surface area contributed by atoms with Crippen LogP contribution in [0.1, 0.15) is 38.2 Å². The van der Waals surface area contributed by atoms with E-state index in [2.05, 4.69) is 4.98 Å². The number of fused-ring (bicyclic) bond motifs is 3. The average Bonchev–Trinajstić information content (AvgIpc) is 2.99. The molecule has 0 bridgehead atoms. The molecule has 7 heteroatoms. The molecule has 122 valence electrons. The Morgan fingerprint density at radius 1 is 1.21 bits per heavy atom. The molecule has 0 aliphatic heterocycles. The highest BCUT2D eigenvalue weighted by atomic mass is 32.1. The molecule has 0 amide bonds. The number of carbonyl (C=O) groups is 1. The van der Waals surface area contributed by atoms with Crippen molar-refractivity contribution in [2.24, 2.45) is 5.92 Å². The summed E-state index contributed by atoms with van der Waals surface area (Å²) in [6.07, 6.45) is 11.0. The van der Waals surface area contributed by atoms with Gasteiger partial charge in [0.2, 0.25) is 5.91 Å². The maximum absolute atomic E-state index is 12.2. The van der Waals surface area contributed by atoms with E-state index in [0.717, 1.165) is 41.6 Å². The Labute approximate surface area is 147 Å². The monoisotopic (exact) mass is 356 g/mol. The van der Waals surface area contributed by atoms with E-state index in [1.54, 1.807) is 30.1 Å². The molecule has 2 aliphatic carbocycles. The molecule has 0 atom stereocenters. The number of aryl methyl sites for hydroxylation is 2. The lowest BCUT2D eigenvalue weighted by molar-refractivity contribution is 0.0914. The molecule has 24 heavy (non-hydrogen) atoms. The van der Waals surface area contributed by atoms with Crippen LogP contribution in [-0.2, 0) is 25.7 Å². The molecule has 3 aromatic heterocycles. The number of thiazole rings is 2. The number of imidazole rings is 1. The Morgan fingerprint density at radius 3 is 2.92 bits per heavy atom. The van der Waals surface area contributed by atoms with E-state index < -0.39 is 0 Å². The standard InChI is InChI=1S/C17H16N4OS2/c22-15(21-6-5-18-9-21)8-14-19-11-3-4-12-16(17(11)24-14)20-13(23-12)7-10-1-2-10/h5-6,9-10H,1-4,7-8H2. The van der Waals surface area contributed by atoms with E-state index in [1.165, 1.54) is 32.2 Å². The van der Waals surface area contributed by atoms with E-state index in [0.29, 0.717) is 6.42 Å². The summed E-state index contributed by atoms with van der Waals surface area (Å²) >= 11 is 3.51. The SMILES string of the molecule is O=C(Cc1nc2c(s1)-c1nc(CC3CC3)sc1CC2)n1ccnc1. The molecule has 0 unspecified atom stereocenters. The van der Waals surface area contributed by atoms with Crippen molar-refractivity contribution < 1.29 is 4.79 Å². The van der Waals surface area contributed by atoms with Crippen LogP contribution in [0.3, 0.4) is 0 Å². The first kappa shape index (κ1) is 14.5. The Balaban J connectivity index is 1.42. The van der Waals surface area contributed by atoms with E-state index in [1.807, 2.05) is 11.3 Å². The number of nitrogens with zero attached hydrogens (tertiary/aromatic N) is 4. The van der Waals surface area contributed by atoms with Crippen molar-refractivity contribution >= 4 is 28.6 Å². The number of carbonyl (C=O) groups excluding carboxylic acids is 1. The fourth-order valence-electron chi connectivity index (χ4n) is 3.09. The molecule has 2 aliphatic rings. The van der Waals surface area contributed by atoms with Crippen molar-refractivity contribution in [1.82, 2.24) is 19.5 Å². The second-order valence-corrected chi connectivity index (χ2v) is 8.70. The van der Waals surface area contributed by atoms with Crippen LogP contribution in [0.15, 0.2) is 18.7 Å². The summed E-state index contributed by atoms with van der Waals surface area (Å²) in [6.45, 7) is 0. The molecule has 5 rings (SSSR count). The molecule has 1 saturated carbocycles. The topological polar surface area (TPSA) is 60.7 Å². The molecule has 3 aromatic rings. The third-order valence-electron chi connectivity index (χ3n) is 4.54. The number of hydrogen-bond acceptors (Lipinski definition) is 6. The maximum Gasteiger partial charge on any atom is 0.238 e. The molecule has 0 N–H and O–H groups in total. The molecule has 0 spiro atoms. The van der Waals surface area contributed by atoms with Crippen LogP contribution in [0.4, 0.5) is 0 Å². The van der Waals surface area contributed by atoms with Gasteiger partial charge in [0.15, 0.2) is 0 Å². The van der Waals surface area contributed by atoms with Crippen LogP contribution in [0.5, 0.6) is 0 Å². The van der Waals surface area contributed by atoms with Gasteiger partial charge in [-0.1, -0.05) is 0 Å². The molecule has 0 aromatic carbocycles. The highest BCUT2D eigenvalue weighted by Crippen LogP contribution is 2.42. The predicted octanol–water partition coefficient (Wildman–Crippen LogP) is 3.40. The fraction of sp³-hybridized carbons (Fsp3) is 0.412. The van der Waals surface area contributed by atoms with E-state index in [-0.39, 0.29) is 5.91 Å². The summed E-state index contributed by atoms with van der Waals surface area (Å²) < 4.78 is 1.52. The Kier molecular flexibility index (Phi) is 3.38. The van der Waals surface area contributed by atoms with Crippen molar-refractivity contribution in [3.05, 3.63) is 39.3 Å². The minimum absolute atomic E-state index is 0.00604. The highest BCUT2D eigenvalue weighted by molar-refractivity contribution is 7.16. The fourth-order valence-corrected chi connectivity index (χ4v) is 5.47. The van der Waals surface area contributed by atoms with Crippen LogP contribution in [0.25, 0.3) is 10.6 Å². The maximum atomic E-state index is 12.2. The lowest BCUT2D eigenvalue weighted by Gasteiger charge is -2.07. The Bertz CT molecular complexity index is 905. The first-order valence-electron chi connectivity index (χ1n) is 8.25. The van der Waals surface area contributed by atoms with Crippen molar-refractivity contribution in [1.29, 1.82) is 0 Å². The van der Waals surface area contributed by atoms with Gasteiger partial charge >= 0.3 is 0 Å². The van der Waals surface area contributed by atoms with Gasteiger partial charge in [0.05, 0.1) is 27.7 Å². The molecular weight excluding hydrogens is 340 g/mol. The first-order valence-corrected chi connectivity index (χ1v) is 9.88. The minimum atomic E-state index is 0.00604. The van der Waals surface area contributed by atoms with Gasteiger partial charge in [-0.2, -0.15) is 0 Å². The lowest BCUT2D eigenvalue weighted by Crippen LogP contribution is -2.11. The third kappa shape index (κ3) is 2.61. The first-order chi connectivity index (χ1) is 11.8. The van der Waals surface area contributed by atoms with Crippen molar-refractivity contribution in [3.63, 3.8) is 0 Å². The number of hydrogen-bond donors (Lipinski definition) is 0. The molecular formula is C17H16N4OS2. The molecule has 3 heterocycles. The van der Waals surface area contributed by atoms with Crippen molar-refractivity contribution in [3.8, 4) is 10.6 Å². The Hall–Kier alpha value is -1.86. The van der Waals surface area contributed by atoms with Gasteiger partial charge in [0, 0.05) is 23.7 Å². The zero-order chi connectivity index (χ0) is 16.1. The largest absolute Gasteiger partial charge is 0.276 e. The molecule has 0 radical (unpaired) electrons. The van der Waals surface area contributed by atoms with Gasteiger partial charge in [-0.05, 0) is 31.6 Å². The van der Waals surface area contributed by atoms with E-state index in [9.17, 15) is 4.79 Å². The number of aromatic nitrogens is 4. The summed E-state index contributed by atoms with van der Waals surface area (Å²) in [4.78, 5) is 28.4. The third-order valence-corrected chi connectivity index (χ3v) is 6.78. The van der Waals surface area contributed by atoms with Gasteiger partial charge in [-0.3, -0.25) is 9.36 Å². The van der Waals surface area contributed by atoms with Crippen LogP contribution in [0.2, 0.25) is 0 Å². The summed E-state index contributed by atoms with van der Waals surface area (Å²) in [5.74, 6) is 0.869. The van der Waals surface area contributed by atoms with E-state index in [4.69, 9.17) is 9.97 Å². The predicted molar refractivity (Wildman–Crippen MR) is 93.6 cm³/mol. The molecule has 1 fully saturated rings. The number of rotatable bonds is 4. The minimum Gasteiger partial charge on any atom is -0.276 e. The van der Waals surface area contributed by atoms with Crippen LogP contribution < -0.4 is 0 Å². The van der Waals surface area contributed by atoms with Crippen LogP contribution in [-0.4, -0.2) is 25.4 Å². The lowest BCUT2D eigenvalue weighted by atomic mass is 10.1. The second kappa shape index (κ2) is 5.60. The zero-order valence-corrected chi connectivity index (χ0v) is 14.7. The second-order valence-electron chi connectivity index (χ2n) is 6.45. The van der Waals surface area contributed by atoms with Crippen molar-refractivity contribution in [2.75, 3.05) is 0 Å². The van der Waals surface area contributed by atoms with Crippen molar-refractivity contribution in [2.45, 2.75) is 38.5 Å². The van der Waals surface area contributed by atoms with Gasteiger partial charge in [0.1, 0.15) is 11.3 Å². The van der Waals surface area contributed by atoms with Gasteiger partial charge in [-0.25, -0.2) is 15.0 Å². The Morgan fingerprint density at radius 2 is 2.12 bits per heavy atom. The van der Waals surface area contributed by atoms with Gasteiger partial charge in [0.25, 0.3) is 0 Å². The average molecular weight is 356 g/mol. The summed E-state index contributed by atoms with van der Waals surface area (Å²) in [5.41, 5.74) is 2.25. The smallest absolute Gasteiger partial charge is 0.238 e. The van der Waals surface area contributed by atoms with Crippen LogP contribution in [0, 0.1) is 5.92 Å². The summed E-state index contributed by atoms with van der Waals surface area (Å²) in [6, 6.07) is 0. The molecule has 0 saturated heterocycles. The molecule has 5 nitrogen and oxygen atoms in total. The van der Waals surface area contributed by atoms with Crippen LogP contribution >= 0.6 is 22.7 Å². The normalized spacial score (nSPS) is 16.0. The zero-order valence-electron chi connectivity index (χ0n) is 13.1. The van der Waals surface area contributed by atoms with Gasteiger partial charge in [-0.15, -0.1) is 22.7 Å². The summed E-state index contributed by atoms with van der Waals surface area (Å²) in [7, 11) is 0. The van der Waals surface area contributed by atoms with Gasteiger partial charge < -0.3 is 0 Å². The summed E-state index contributed by atoms with van der Waals surface area (Å²) in [5, 5.41) is 2.16. The van der Waals surface area contributed by atoms with E-state index >= 15 is 0 Å². The quantitative estimate of drug-likeness (QED) is 0.719. The highest BCUT2D eigenvalue weighted by Gasteiger charge is 2.28.